The van der Waals surface area contributed by atoms with Crippen molar-refractivity contribution < 1.29 is 4.39 Å². The van der Waals surface area contributed by atoms with Gasteiger partial charge in [-0.05, 0) is 45.1 Å². The van der Waals surface area contributed by atoms with Crippen molar-refractivity contribution in [1.82, 2.24) is 4.90 Å². The van der Waals surface area contributed by atoms with Crippen LogP contribution in [0.4, 0.5) is 4.39 Å². The minimum absolute atomic E-state index is 0.223. The van der Waals surface area contributed by atoms with E-state index in [1.54, 1.807) is 6.92 Å². The van der Waals surface area contributed by atoms with Crippen LogP contribution in [-0.2, 0) is 0 Å². The highest BCUT2D eigenvalue weighted by Gasteiger charge is 2.31. The lowest BCUT2D eigenvalue weighted by molar-refractivity contribution is 0.0576. The lowest BCUT2D eigenvalue weighted by Gasteiger charge is -2.40. The van der Waals surface area contributed by atoms with Crippen LogP contribution in [0, 0.1) is 11.3 Å². The summed E-state index contributed by atoms with van der Waals surface area (Å²) in [6, 6.07) is 0.689. The standard InChI is InChI=1S/C15H30FN/c1-6-17(11-15(4,5)13(3)16)14-9-7-12(2)8-10-14/h12-14H,6-11H2,1-5H3. The predicted molar refractivity (Wildman–Crippen MR) is 73.0 cm³/mol. The van der Waals surface area contributed by atoms with Crippen LogP contribution in [0.1, 0.15) is 60.3 Å². The highest BCUT2D eigenvalue weighted by Crippen LogP contribution is 2.31. The average molecular weight is 243 g/mol. The first-order chi connectivity index (χ1) is 7.86. The molecule has 0 radical (unpaired) electrons. The van der Waals surface area contributed by atoms with Crippen LogP contribution in [0.2, 0.25) is 0 Å². The minimum Gasteiger partial charge on any atom is -0.300 e. The van der Waals surface area contributed by atoms with Gasteiger partial charge in [0.05, 0.1) is 0 Å². The summed E-state index contributed by atoms with van der Waals surface area (Å²) in [6.07, 6.45) is 4.54. The van der Waals surface area contributed by atoms with Crippen LogP contribution in [0.5, 0.6) is 0 Å². The molecule has 0 amide bonds. The Hall–Kier alpha value is -0.110. The second kappa shape index (κ2) is 6.17. The first kappa shape index (κ1) is 14.9. The Morgan fingerprint density at radius 2 is 1.76 bits per heavy atom. The van der Waals surface area contributed by atoms with Gasteiger partial charge in [-0.25, -0.2) is 4.39 Å². The van der Waals surface area contributed by atoms with Gasteiger partial charge >= 0.3 is 0 Å². The van der Waals surface area contributed by atoms with Crippen molar-refractivity contribution in [3.8, 4) is 0 Å². The molecule has 0 saturated heterocycles. The Bertz CT molecular complexity index is 217. The Balaban J connectivity index is 2.54. The normalized spacial score (nSPS) is 28.4. The molecule has 17 heavy (non-hydrogen) atoms. The van der Waals surface area contributed by atoms with Gasteiger partial charge in [-0.1, -0.05) is 27.7 Å². The third-order valence-corrected chi connectivity index (χ3v) is 4.60. The zero-order valence-corrected chi connectivity index (χ0v) is 12.3. The van der Waals surface area contributed by atoms with E-state index >= 15 is 0 Å². The molecule has 0 heterocycles. The van der Waals surface area contributed by atoms with E-state index in [4.69, 9.17) is 0 Å². The van der Waals surface area contributed by atoms with Crippen molar-refractivity contribution in [3.05, 3.63) is 0 Å². The van der Waals surface area contributed by atoms with Crippen LogP contribution < -0.4 is 0 Å². The van der Waals surface area contributed by atoms with Gasteiger partial charge in [-0.3, -0.25) is 0 Å². The molecule has 0 spiro atoms. The molecule has 0 bridgehead atoms. The zero-order chi connectivity index (χ0) is 13.1. The second-order valence-electron chi connectivity index (χ2n) is 6.58. The molecule has 0 aromatic carbocycles. The van der Waals surface area contributed by atoms with Crippen LogP contribution in [0.3, 0.4) is 0 Å². The van der Waals surface area contributed by atoms with E-state index in [9.17, 15) is 4.39 Å². The van der Waals surface area contributed by atoms with Gasteiger partial charge in [0.1, 0.15) is 6.17 Å². The summed E-state index contributed by atoms with van der Waals surface area (Å²) in [7, 11) is 0. The quantitative estimate of drug-likeness (QED) is 0.697. The van der Waals surface area contributed by atoms with Gasteiger partial charge in [0, 0.05) is 18.0 Å². The van der Waals surface area contributed by atoms with E-state index in [1.807, 2.05) is 13.8 Å². The fourth-order valence-corrected chi connectivity index (χ4v) is 2.76. The predicted octanol–water partition coefficient (Wildman–Crippen LogP) is 4.27. The Morgan fingerprint density at radius 1 is 1.24 bits per heavy atom. The fraction of sp³-hybridized carbons (Fsp3) is 1.00. The van der Waals surface area contributed by atoms with Crippen LogP contribution in [0.15, 0.2) is 0 Å². The van der Waals surface area contributed by atoms with Crippen LogP contribution in [0.25, 0.3) is 0 Å². The molecule has 2 heteroatoms. The summed E-state index contributed by atoms with van der Waals surface area (Å²) in [5, 5.41) is 0. The van der Waals surface area contributed by atoms with Crippen molar-refractivity contribution in [2.75, 3.05) is 13.1 Å². The van der Waals surface area contributed by atoms with E-state index in [1.165, 1.54) is 25.7 Å². The molecule has 1 fully saturated rings. The molecular formula is C15H30FN. The second-order valence-corrected chi connectivity index (χ2v) is 6.58. The number of alkyl halides is 1. The van der Waals surface area contributed by atoms with Crippen molar-refractivity contribution in [2.24, 2.45) is 11.3 Å². The van der Waals surface area contributed by atoms with Crippen molar-refractivity contribution in [1.29, 1.82) is 0 Å². The molecular weight excluding hydrogens is 213 g/mol. The minimum atomic E-state index is -0.737. The van der Waals surface area contributed by atoms with Gasteiger partial charge in [-0.2, -0.15) is 0 Å². The smallest absolute Gasteiger partial charge is 0.104 e. The maximum atomic E-state index is 13.6. The van der Waals surface area contributed by atoms with E-state index in [-0.39, 0.29) is 5.41 Å². The maximum absolute atomic E-state index is 13.6. The van der Waals surface area contributed by atoms with Crippen molar-refractivity contribution in [3.63, 3.8) is 0 Å². The van der Waals surface area contributed by atoms with Gasteiger partial charge < -0.3 is 4.90 Å². The third kappa shape index (κ3) is 4.24. The van der Waals surface area contributed by atoms with Gasteiger partial charge in [-0.15, -0.1) is 0 Å². The lowest BCUT2D eigenvalue weighted by Crippen LogP contribution is -2.45. The van der Waals surface area contributed by atoms with Crippen molar-refractivity contribution in [2.45, 2.75) is 72.5 Å². The summed E-state index contributed by atoms with van der Waals surface area (Å²) in [5.74, 6) is 0.887. The number of halogens is 1. The molecule has 1 aliphatic rings. The lowest BCUT2D eigenvalue weighted by atomic mass is 9.83. The molecule has 1 aliphatic carbocycles. The molecule has 0 aliphatic heterocycles. The molecule has 1 unspecified atom stereocenters. The SMILES string of the molecule is CCN(CC(C)(C)C(C)F)C1CCC(C)CC1. The molecule has 1 nitrogen and oxygen atoms in total. The monoisotopic (exact) mass is 243 g/mol. The highest BCUT2D eigenvalue weighted by atomic mass is 19.1. The molecule has 1 rings (SSSR count). The fourth-order valence-electron chi connectivity index (χ4n) is 2.76. The van der Waals surface area contributed by atoms with E-state index < -0.39 is 6.17 Å². The molecule has 1 saturated carbocycles. The Kier molecular flexibility index (Phi) is 5.43. The maximum Gasteiger partial charge on any atom is 0.104 e. The van der Waals surface area contributed by atoms with Gasteiger partial charge in [0.2, 0.25) is 0 Å². The summed E-state index contributed by atoms with van der Waals surface area (Å²) in [6.45, 7) is 12.3. The Morgan fingerprint density at radius 3 is 2.18 bits per heavy atom. The van der Waals surface area contributed by atoms with E-state index in [0.717, 1.165) is 19.0 Å². The first-order valence-electron chi connectivity index (χ1n) is 7.25. The summed E-state index contributed by atoms with van der Waals surface area (Å²) >= 11 is 0. The van der Waals surface area contributed by atoms with Gasteiger partial charge in [0.15, 0.2) is 0 Å². The number of rotatable bonds is 5. The largest absolute Gasteiger partial charge is 0.300 e. The van der Waals surface area contributed by atoms with Crippen molar-refractivity contribution >= 4 is 0 Å². The summed E-state index contributed by atoms with van der Waals surface area (Å²) in [5.41, 5.74) is -0.223. The first-order valence-corrected chi connectivity index (χ1v) is 7.25. The van der Waals surface area contributed by atoms with Crippen LogP contribution >= 0.6 is 0 Å². The van der Waals surface area contributed by atoms with E-state index in [2.05, 4.69) is 18.7 Å². The summed E-state index contributed by atoms with van der Waals surface area (Å²) in [4.78, 5) is 2.50. The van der Waals surface area contributed by atoms with E-state index in [0.29, 0.717) is 6.04 Å². The molecule has 0 N–H and O–H groups in total. The highest BCUT2D eigenvalue weighted by molar-refractivity contribution is 4.84. The topological polar surface area (TPSA) is 3.24 Å². The molecule has 0 aromatic rings. The number of nitrogens with zero attached hydrogens (tertiary/aromatic N) is 1. The third-order valence-electron chi connectivity index (χ3n) is 4.60. The molecule has 0 aromatic heterocycles. The molecule has 102 valence electrons. The Labute approximate surface area is 107 Å². The van der Waals surface area contributed by atoms with Gasteiger partial charge in [0.25, 0.3) is 0 Å². The zero-order valence-electron chi connectivity index (χ0n) is 12.3. The average Bonchev–Trinajstić information content (AvgIpc) is 2.27. The number of hydrogen-bond donors (Lipinski definition) is 0. The number of hydrogen-bond acceptors (Lipinski definition) is 1. The van der Waals surface area contributed by atoms with Crippen LogP contribution in [-0.4, -0.2) is 30.2 Å². The molecule has 1 atom stereocenters. The summed E-state index contributed by atoms with van der Waals surface area (Å²) < 4.78 is 13.6.